The molecule has 1 unspecified atom stereocenters. The first-order valence-corrected chi connectivity index (χ1v) is 5.56. The minimum absolute atomic E-state index is 0.105. The molecular weight excluding hydrogens is 242 g/mol. The zero-order valence-corrected chi connectivity index (χ0v) is 10.1. The first-order chi connectivity index (χ1) is 6.65. The Labute approximate surface area is 93.5 Å². The summed E-state index contributed by atoms with van der Waals surface area (Å²) in [6.45, 7) is 4.33. The van der Waals surface area contributed by atoms with Gasteiger partial charge in [0.2, 0.25) is 0 Å². The van der Waals surface area contributed by atoms with Crippen LogP contribution in [0.3, 0.4) is 0 Å². The topological polar surface area (TPSA) is 32.3 Å². The summed E-state index contributed by atoms with van der Waals surface area (Å²) in [5.41, 5.74) is 1.03. The molecule has 1 aromatic carbocycles. The van der Waals surface area contributed by atoms with Crippen molar-refractivity contribution in [1.82, 2.24) is 0 Å². The molecule has 0 heterocycles. The summed E-state index contributed by atoms with van der Waals surface area (Å²) >= 11 is 3.46. The highest BCUT2D eigenvalue weighted by Gasteiger charge is 2.12. The summed E-state index contributed by atoms with van der Waals surface area (Å²) in [4.78, 5) is 0. The molecule has 0 radical (unpaired) electrons. The molecule has 0 amide bonds. The Balaban J connectivity index is 2.72. The van der Waals surface area contributed by atoms with Crippen LogP contribution in [0.1, 0.15) is 13.8 Å². The van der Waals surface area contributed by atoms with Gasteiger partial charge in [0.05, 0.1) is 12.6 Å². The molecule has 1 aromatic rings. The van der Waals surface area contributed by atoms with Gasteiger partial charge in [0.15, 0.2) is 0 Å². The maximum Gasteiger partial charge on any atom is 0.0635 e. The van der Waals surface area contributed by atoms with Crippen molar-refractivity contribution in [1.29, 1.82) is 0 Å². The van der Waals surface area contributed by atoms with Gasteiger partial charge in [0.25, 0.3) is 0 Å². The van der Waals surface area contributed by atoms with Crippen molar-refractivity contribution < 1.29 is 5.11 Å². The van der Waals surface area contributed by atoms with Crippen molar-refractivity contribution in [3.05, 3.63) is 28.7 Å². The van der Waals surface area contributed by atoms with Gasteiger partial charge in [-0.2, -0.15) is 0 Å². The number of rotatable bonds is 4. The fraction of sp³-hybridized carbons (Fsp3) is 0.455. The molecule has 2 nitrogen and oxygen atoms in total. The number of hydrogen-bond acceptors (Lipinski definition) is 2. The maximum absolute atomic E-state index is 9.17. The van der Waals surface area contributed by atoms with Gasteiger partial charge >= 0.3 is 0 Å². The lowest BCUT2D eigenvalue weighted by Crippen LogP contribution is -2.29. The maximum atomic E-state index is 9.17. The van der Waals surface area contributed by atoms with E-state index in [-0.39, 0.29) is 12.6 Å². The third-order valence-corrected chi connectivity index (χ3v) is 2.91. The number of nitrogens with one attached hydrogen (secondary N) is 1. The molecule has 0 spiro atoms. The highest BCUT2D eigenvalue weighted by atomic mass is 79.9. The third kappa shape index (κ3) is 3.00. The fourth-order valence-electron chi connectivity index (χ4n) is 1.20. The average molecular weight is 258 g/mol. The minimum atomic E-state index is 0.105. The second-order valence-corrected chi connectivity index (χ2v) is 4.51. The van der Waals surface area contributed by atoms with Crippen molar-refractivity contribution in [3.63, 3.8) is 0 Å². The van der Waals surface area contributed by atoms with E-state index in [4.69, 9.17) is 0 Å². The Morgan fingerprint density at radius 3 is 2.50 bits per heavy atom. The summed E-state index contributed by atoms with van der Waals surface area (Å²) in [6, 6.07) is 8.03. The fourth-order valence-corrected chi connectivity index (χ4v) is 1.60. The van der Waals surface area contributed by atoms with E-state index >= 15 is 0 Å². The second kappa shape index (κ2) is 5.37. The van der Waals surface area contributed by atoms with Gasteiger partial charge in [-0.1, -0.05) is 26.0 Å². The van der Waals surface area contributed by atoms with Crippen LogP contribution in [-0.4, -0.2) is 17.8 Å². The minimum Gasteiger partial charge on any atom is -0.394 e. The van der Waals surface area contributed by atoms with E-state index in [0.29, 0.717) is 5.92 Å². The lowest BCUT2D eigenvalue weighted by Gasteiger charge is -2.21. The molecule has 0 aromatic heterocycles. The zero-order chi connectivity index (χ0) is 10.6. The van der Waals surface area contributed by atoms with Gasteiger partial charge in [0.1, 0.15) is 0 Å². The number of benzene rings is 1. The molecule has 0 fully saturated rings. The van der Waals surface area contributed by atoms with Gasteiger partial charge in [-0.3, -0.25) is 0 Å². The summed E-state index contributed by atoms with van der Waals surface area (Å²) in [6.07, 6.45) is 0. The molecule has 14 heavy (non-hydrogen) atoms. The Kier molecular flexibility index (Phi) is 4.42. The molecule has 1 atom stereocenters. The smallest absolute Gasteiger partial charge is 0.0635 e. The van der Waals surface area contributed by atoms with Crippen LogP contribution in [0.15, 0.2) is 28.7 Å². The van der Waals surface area contributed by atoms with Crippen LogP contribution < -0.4 is 5.32 Å². The summed E-state index contributed by atoms with van der Waals surface area (Å²) in [5.74, 6) is 0.409. The van der Waals surface area contributed by atoms with Crippen LogP contribution in [0, 0.1) is 5.92 Å². The molecule has 0 aliphatic rings. The molecule has 0 bridgehead atoms. The Bertz CT molecular complexity index is 288. The van der Waals surface area contributed by atoms with Gasteiger partial charge in [-0.05, 0) is 34.0 Å². The van der Waals surface area contributed by atoms with Crippen LogP contribution in [0.25, 0.3) is 0 Å². The van der Waals surface area contributed by atoms with E-state index in [0.717, 1.165) is 10.2 Å². The SMILES string of the molecule is CC(C)C(CO)Nc1ccccc1Br. The zero-order valence-electron chi connectivity index (χ0n) is 8.50. The standard InChI is InChI=1S/C11H16BrNO/c1-8(2)11(7-14)13-10-6-4-3-5-9(10)12/h3-6,8,11,13-14H,7H2,1-2H3. The Morgan fingerprint density at radius 1 is 1.36 bits per heavy atom. The van der Waals surface area contributed by atoms with Crippen LogP contribution in [-0.2, 0) is 0 Å². The van der Waals surface area contributed by atoms with E-state index in [1.165, 1.54) is 0 Å². The van der Waals surface area contributed by atoms with Gasteiger partial charge in [-0.15, -0.1) is 0 Å². The summed E-state index contributed by atoms with van der Waals surface area (Å²) < 4.78 is 1.03. The first kappa shape index (κ1) is 11.5. The molecule has 0 saturated carbocycles. The monoisotopic (exact) mass is 257 g/mol. The van der Waals surface area contributed by atoms with E-state index < -0.39 is 0 Å². The van der Waals surface area contributed by atoms with E-state index in [9.17, 15) is 5.11 Å². The summed E-state index contributed by atoms with van der Waals surface area (Å²) in [5, 5.41) is 12.5. The molecular formula is C11H16BrNO. The molecule has 78 valence electrons. The predicted octanol–water partition coefficient (Wildman–Crippen LogP) is 2.88. The Hall–Kier alpha value is -0.540. The van der Waals surface area contributed by atoms with E-state index in [1.54, 1.807) is 0 Å². The largest absolute Gasteiger partial charge is 0.394 e. The normalized spacial score (nSPS) is 12.9. The van der Waals surface area contributed by atoms with Gasteiger partial charge in [-0.25, -0.2) is 0 Å². The lowest BCUT2D eigenvalue weighted by atomic mass is 10.1. The van der Waals surface area contributed by atoms with Crippen molar-refractivity contribution in [2.24, 2.45) is 5.92 Å². The molecule has 0 aliphatic heterocycles. The molecule has 0 saturated heterocycles. The number of aliphatic hydroxyl groups excluding tert-OH is 1. The quantitative estimate of drug-likeness (QED) is 0.870. The van der Waals surface area contributed by atoms with Crippen LogP contribution in [0.4, 0.5) is 5.69 Å². The first-order valence-electron chi connectivity index (χ1n) is 4.77. The number of anilines is 1. The van der Waals surface area contributed by atoms with Crippen LogP contribution >= 0.6 is 15.9 Å². The molecule has 0 aliphatic carbocycles. The highest BCUT2D eigenvalue weighted by molar-refractivity contribution is 9.10. The molecule has 2 N–H and O–H groups in total. The summed E-state index contributed by atoms with van der Waals surface area (Å²) in [7, 11) is 0. The van der Waals surface area contributed by atoms with Crippen molar-refractivity contribution in [3.8, 4) is 0 Å². The number of para-hydroxylation sites is 1. The van der Waals surface area contributed by atoms with Gasteiger partial charge < -0.3 is 10.4 Å². The number of aliphatic hydroxyl groups is 1. The Morgan fingerprint density at radius 2 is 2.00 bits per heavy atom. The molecule has 1 rings (SSSR count). The van der Waals surface area contributed by atoms with Crippen molar-refractivity contribution >= 4 is 21.6 Å². The number of hydrogen-bond donors (Lipinski definition) is 2. The molecule has 3 heteroatoms. The predicted molar refractivity (Wildman–Crippen MR) is 63.5 cm³/mol. The lowest BCUT2D eigenvalue weighted by molar-refractivity contribution is 0.249. The van der Waals surface area contributed by atoms with Gasteiger partial charge in [0, 0.05) is 10.2 Å². The van der Waals surface area contributed by atoms with E-state index in [2.05, 4.69) is 35.1 Å². The number of halogens is 1. The van der Waals surface area contributed by atoms with Crippen LogP contribution in [0.5, 0.6) is 0 Å². The van der Waals surface area contributed by atoms with Crippen molar-refractivity contribution in [2.75, 3.05) is 11.9 Å². The second-order valence-electron chi connectivity index (χ2n) is 3.66. The highest BCUT2D eigenvalue weighted by Crippen LogP contribution is 2.23. The third-order valence-electron chi connectivity index (χ3n) is 2.22. The van der Waals surface area contributed by atoms with Crippen LogP contribution in [0.2, 0.25) is 0 Å². The average Bonchev–Trinajstić information content (AvgIpc) is 2.16. The van der Waals surface area contributed by atoms with E-state index in [1.807, 2.05) is 24.3 Å². The van der Waals surface area contributed by atoms with Crippen molar-refractivity contribution in [2.45, 2.75) is 19.9 Å².